The van der Waals surface area contributed by atoms with Crippen molar-refractivity contribution in [2.45, 2.75) is 25.3 Å². The van der Waals surface area contributed by atoms with E-state index in [2.05, 4.69) is 15.1 Å². The van der Waals surface area contributed by atoms with Crippen molar-refractivity contribution in [1.29, 1.82) is 0 Å². The summed E-state index contributed by atoms with van der Waals surface area (Å²) in [5.74, 6) is -0.419. The monoisotopic (exact) mass is 435 g/mol. The minimum Gasteiger partial charge on any atom is -0.337 e. The first kappa shape index (κ1) is 20.8. The van der Waals surface area contributed by atoms with Crippen LogP contribution in [0.15, 0.2) is 47.3 Å². The van der Waals surface area contributed by atoms with Gasteiger partial charge in [0.05, 0.1) is 16.6 Å². The Morgan fingerprint density at radius 2 is 2.00 bits per heavy atom. The number of carbonyl (C=O) groups is 1. The van der Waals surface area contributed by atoms with Gasteiger partial charge in [0.25, 0.3) is 11.5 Å². The minimum atomic E-state index is -0.524. The van der Waals surface area contributed by atoms with E-state index in [0.29, 0.717) is 43.2 Å². The number of halogens is 1. The van der Waals surface area contributed by atoms with Gasteiger partial charge >= 0.3 is 0 Å². The molecule has 3 heterocycles. The summed E-state index contributed by atoms with van der Waals surface area (Å²) < 4.78 is 14.7. The SMILES string of the molecule is NCN1CCCC2CN(C(=O)c3cc(Cc4n[nH]c(=O)c5ccccc45)ccc3F)CC21. The summed E-state index contributed by atoms with van der Waals surface area (Å²) in [6.45, 7) is 2.64. The van der Waals surface area contributed by atoms with E-state index in [1.807, 2.05) is 12.1 Å². The lowest BCUT2D eigenvalue weighted by molar-refractivity contribution is 0.0772. The van der Waals surface area contributed by atoms with E-state index in [9.17, 15) is 14.0 Å². The molecule has 2 saturated heterocycles. The van der Waals surface area contributed by atoms with Crippen LogP contribution in [0.5, 0.6) is 0 Å². The molecular formula is C24H26FN5O2. The number of hydrogen-bond acceptors (Lipinski definition) is 5. The molecule has 2 fully saturated rings. The standard InChI is InChI=1S/C24H26FN5O2/c25-20-8-7-15(11-21-17-5-1-2-6-18(17)23(31)28-27-21)10-19(20)24(32)30-12-16-4-3-9-29(14-26)22(16)13-30/h1-2,5-8,10,16,22H,3-4,9,11-14,26H2,(H,28,31). The second kappa shape index (κ2) is 8.44. The second-order valence-electron chi connectivity index (χ2n) is 8.71. The quantitative estimate of drug-likeness (QED) is 0.655. The first-order chi connectivity index (χ1) is 15.5. The van der Waals surface area contributed by atoms with Crippen LogP contribution in [0, 0.1) is 11.7 Å². The zero-order chi connectivity index (χ0) is 22.2. The van der Waals surface area contributed by atoms with E-state index in [0.717, 1.165) is 30.3 Å². The fraction of sp³-hybridized carbons (Fsp3) is 0.375. The van der Waals surface area contributed by atoms with Gasteiger partial charge in [-0.2, -0.15) is 5.10 Å². The molecule has 0 radical (unpaired) electrons. The molecule has 1 aromatic heterocycles. The first-order valence-electron chi connectivity index (χ1n) is 11.0. The highest BCUT2D eigenvalue weighted by Crippen LogP contribution is 2.31. The summed E-state index contributed by atoms with van der Waals surface area (Å²) in [6, 6.07) is 12.1. The average Bonchev–Trinajstić information content (AvgIpc) is 3.26. The van der Waals surface area contributed by atoms with Gasteiger partial charge < -0.3 is 10.6 Å². The van der Waals surface area contributed by atoms with Crippen molar-refractivity contribution < 1.29 is 9.18 Å². The predicted octanol–water partition coefficient (Wildman–Crippen LogP) is 2.11. The molecule has 32 heavy (non-hydrogen) atoms. The summed E-state index contributed by atoms with van der Waals surface area (Å²) in [4.78, 5) is 29.3. The Labute approximate surface area is 185 Å². The summed E-state index contributed by atoms with van der Waals surface area (Å²) in [5, 5.41) is 8.03. The highest BCUT2D eigenvalue weighted by atomic mass is 19.1. The van der Waals surface area contributed by atoms with Crippen molar-refractivity contribution in [2.24, 2.45) is 11.7 Å². The molecule has 3 aromatic rings. The van der Waals surface area contributed by atoms with Crippen molar-refractivity contribution in [3.63, 3.8) is 0 Å². The minimum absolute atomic E-state index is 0.0779. The van der Waals surface area contributed by atoms with Gasteiger partial charge in [0.2, 0.25) is 0 Å². The number of hydrogen-bond donors (Lipinski definition) is 2. The lowest BCUT2D eigenvalue weighted by Gasteiger charge is -2.35. The summed E-state index contributed by atoms with van der Waals surface area (Å²) >= 11 is 0. The highest BCUT2D eigenvalue weighted by molar-refractivity contribution is 5.95. The third-order valence-electron chi connectivity index (χ3n) is 6.83. The molecule has 0 aliphatic carbocycles. The maximum atomic E-state index is 14.7. The van der Waals surface area contributed by atoms with Crippen molar-refractivity contribution in [3.8, 4) is 0 Å². The third-order valence-corrected chi connectivity index (χ3v) is 6.83. The molecule has 166 valence electrons. The fourth-order valence-corrected chi connectivity index (χ4v) is 5.18. The van der Waals surface area contributed by atoms with Crippen LogP contribution in [0.25, 0.3) is 10.8 Å². The number of nitrogens with zero attached hydrogens (tertiary/aromatic N) is 3. The number of benzene rings is 2. The Hall–Kier alpha value is -3.10. The van der Waals surface area contributed by atoms with E-state index in [1.165, 1.54) is 6.07 Å². The topological polar surface area (TPSA) is 95.3 Å². The molecule has 7 nitrogen and oxygen atoms in total. The number of fused-ring (bicyclic) bond motifs is 2. The van der Waals surface area contributed by atoms with Crippen LogP contribution in [0.2, 0.25) is 0 Å². The number of nitrogens with one attached hydrogen (secondary N) is 1. The average molecular weight is 436 g/mol. The van der Waals surface area contributed by atoms with Crippen molar-refractivity contribution >= 4 is 16.7 Å². The number of likely N-dealkylation sites (tertiary alicyclic amines) is 2. The van der Waals surface area contributed by atoms with Gasteiger partial charge in [-0.15, -0.1) is 0 Å². The molecule has 2 aliphatic heterocycles. The molecule has 2 aromatic carbocycles. The van der Waals surface area contributed by atoms with Gasteiger partial charge in [0, 0.05) is 37.6 Å². The van der Waals surface area contributed by atoms with E-state index in [-0.39, 0.29) is 23.1 Å². The summed E-state index contributed by atoms with van der Waals surface area (Å²) in [7, 11) is 0. The molecule has 1 amide bonds. The van der Waals surface area contributed by atoms with Gasteiger partial charge in [0.15, 0.2) is 0 Å². The Bertz CT molecular complexity index is 1230. The molecule has 2 aliphatic rings. The second-order valence-corrected chi connectivity index (χ2v) is 8.71. The van der Waals surface area contributed by atoms with Crippen LogP contribution in [0.3, 0.4) is 0 Å². The number of carbonyl (C=O) groups excluding carboxylic acids is 1. The Morgan fingerprint density at radius 1 is 1.19 bits per heavy atom. The summed E-state index contributed by atoms with van der Waals surface area (Å²) in [5.41, 5.74) is 7.16. The van der Waals surface area contributed by atoms with E-state index in [4.69, 9.17) is 5.73 Å². The zero-order valence-corrected chi connectivity index (χ0v) is 17.8. The van der Waals surface area contributed by atoms with Gasteiger partial charge in [0.1, 0.15) is 5.82 Å². The first-order valence-corrected chi connectivity index (χ1v) is 11.0. The number of nitrogens with two attached hydrogens (primary N) is 1. The molecule has 8 heteroatoms. The predicted molar refractivity (Wildman–Crippen MR) is 120 cm³/mol. The maximum Gasteiger partial charge on any atom is 0.272 e. The normalized spacial score (nSPS) is 21.1. The van der Waals surface area contributed by atoms with Crippen LogP contribution in [-0.2, 0) is 6.42 Å². The van der Waals surface area contributed by atoms with Crippen LogP contribution < -0.4 is 11.3 Å². The van der Waals surface area contributed by atoms with Crippen LogP contribution in [-0.4, -0.2) is 58.2 Å². The van der Waals surface area contributed by atoms with Crippen LogP contribution in [0.1, 0.15) is 34.5 Å². The Kier molecular flexibility index (Phi) is 5.48. The Balaban J connectivity index is 1.41. The molecule has 0 spiro atoms. The molecule has 5 rings (SSSR count). The number of aromatic nitrogens is 2. The molecule has 3 N–H and O–H groups in total. The largest absolute Gasteiger partial charge is 0.337 e. The number of aromatic amines is 1. The third kappa shape index (κ3) is 3.69. The smallest absolute Gasteiger partial charge is 0.272 e. The van der Waals surface area contributed by atoms with Gasteiger partial charge in [-0.1, -0.05) is 24.3 Å². The van der Waals surface area contributed by atoms with Crippen molar-refractivity contribution in [3.05, 3.63) is 75.5 Å². The molecule has 2 atom stereocenters. The van der Waals surface area contributed by atoms with E-state index in [1.54, 1.807) is 29.2 Å². The number of rotatable bonds is 4. The van der Waals surface area contributed by atoms with Crippen LogP contribution >= 0.6 is 0 Å². The number of piperidine rings is 1. The lowest BCUT2D eigenvalue weighted by Crippen LogP contribution is -2.47. The molecule has 0 saturated carbocycles. The maximum absolute atomic E-state index is 14.7. The summed E-state index contributed by atoms with van der Waals surface area (Å²) in [6.07, 6.45) is 2.52. The van der Waals surface area contributed by atoms with E-state index >= 15 is 0 Å². The van der Waals surface area contributed by atoms with Gasteiger partial charge in [-0.25, -0.2) is 9.49 Å². The number of amides is 1. The lowest BCUT2D eigenvalue weighted by atomic mass is 9.92. The van der Waals surface area contributed by atoms with Crippen LogP contribution in [0.4, 0.5) is 4.39 Å². The van der Waals surface area contributed by atoms with Crippen molar-refractivity contribution in [2.75, 3.05) is 26.3 Å². The molecule has 2 unspecified atom stereocenters. The zero-order valence-electron chi connectivity index (χ0n) is 17.8. The highest BCUT2D eigenvalue weighted by Gasteiger charge is 2.40. The van der Waals surface area contributed by atoms with E-state index < -0.39 is 5.82 Å². The van der Waals surface area contributed by atoms with Crippen molar-refractivity contribution in [1.82, 2.24) is 20.0 Å². The number of H-pyrrole nitrogens is 1. The Morgan fingerprint density at radius 3 is 2.81 bits per heavy atom. The van der Waals surface area contributed by atoms with Gasteiger partial charge in [-0.05, 0) is 49.1 Å². The fourth-order valence-electron chi connectivity index (χ4n) is 5.18. The van der Waals surface area contributed by atoms with Gasteiger partial charge in [-0.3, -0.25) is 14.5 Å². The molecule has 0 bridgehead atoms. The molecular weight excluding hydrogens is 409 g/mol.